The highest BCUT2D eigenvalue weighted by atomic mass is 35.5. The van der Waals surface area contributed by atoms with Crippen LogP contribution in [0.1, 0.15) is 53.2 Å². The summed E-state index contributed by atoms with van der Waals surface area (Å²) < 4.78 is 0. The van der Waals surface area contributed by atoms with Gasteiger partial charge in [-0.1, -0.05) is 122 Å². The van der Waals surface area contributed by atoms with Crippen molar-refractivity contribution in [3.63, 3.8) is 0 Å². The van der Waals surface area contributed by atoms with Gasteiger partial charge in [-0.05, 0) is 69.6 Å². The average Bonchev–Trinajstić information content (AvgIpc) is 3.04. The molecule has 5 aromatic rings. The number of rotatable bonds is 13. The third-order valence-corrected chi connectivity index (χ3v) is 8.16. The number of carbonyl (C=O) groups excluding carboxylic acids is 1. The molecule has 0 aliphatic heterocycles. The minimum Gasteiger partial charge on any atom is -0.480 e. The van der Waals surface area contributed by atoms with Crippen LogP contribution >= 0.6 is 11.6 Å². The van der Waals surface area contributed by atoms with E-state index in [9.17, 15) is 14.7 Å². The minimum absolute atomic E-state index is 0.150. The number of aryl methyl sites for hydroxylation is 1. The fourth-order valence-corrected chi connectivity index (χ4v) is 5.62. The van der Waals surface area contributed by atoms with Crippen LogP contribution in [0.25, 0.3) is 21.9 Å². The number of aliphatic carboxylic acids is 1. The molecule has 0 radical (unpaired) electrons. The van der Waals surface area contributed by atoms with E-state index in [0.29, 0.717) is 17.3 Å². The van der Waals surface area contributed by atoms with E-state index < -0.39 is 17.9 Å². The van der Waals surface area contributed by atoms with Crippen molar-refractivity contribution in [2.45, 2.75) is 51.6 Å². The van der Waals surface area contributed by atoms with Crippen molar-refractivity contribution in [2.75, 3.05) is 5.32 Å². The molecule has 0 saturated heterocycles. The largest absolute Gasteiger partial charge is 0.480 e. The molecule has 224 valence electrons. The van der Waals surface area contributed by atoms with Gasteiger partial charge < -0.3 is 15.7 Å². The Labute approximate surface area is 263 Å². The van der Waals surface area contributed by atoms with Gasteiger partial charge in [0, 0.05) is 23.7 Å². The molecule has 0 saturated carbocycles. The van der Waals surface area contributed by atoms with E-state index in [0.717, 1.165) is 39.4 Å². The number of fused-ring (bicyclic) bond motifs is 1. The Hall–Kier alpha value is -4.61. The number of amides is 1. The first-order valence-electron chi connectivity index (χ1n) is 15.1. The molecule has 0 aromatic heterocycles. The second-order valence-electron chi connectivity index (χ2n) is 11.1. The van der Waals surface area contributed by atoms with E-state index >= 15 is 0 Å². The van der Waals surface area contributed by atoms with Crippen molar-refractivity contribution in [3.8, 4) is 11.1 Å². The molecule has 3 N–H and O–H groups in total. The molecule has 0 bridgehead atoms. The highest BCUT2D eigenvalue weighted by molar-refractivity contribution is 6.31. The van der Waals surface area contributed by atoms with Crippen molar-refractivity contribution >= 4 is 39.9 Å². The molecule has 0 aliphatic rings. The summed E-state index contributed by atoms with van der Waals surface area (Å²) in [5.41, 5.74) is 6.28. The van der Waals surface area contributed by atoms with Gasteiger partial charge in [0.2, 0.25) is 0 Å². The standard InChI is InChI=1S/C38H37ClN2O3/c1-2-3-4-8-26-13-17-28(18-14-26)29-19-15-27(16-20-29)23-36(38(43)44)41-37(42)34-24-32(39)21-22-35(34)40-25-31-11-7-10-30-9-5-6-12-33(30)31/h5-7,9-22,24,36,40H,2-4,8,23,25H2,1H3,(H,41,42)(H,43,44)/t36-/m0/s1. The number of hydrogen-bond donors (Lipinski definition) is 3. The van der Waals surface area contributed by atoms with Gasteiger partial charge in [-0.3, -0.25) is 4.79 Å². The molecule has 1 atom stereocenters. The topological polar surface area (TPSA) is 78.4 Å². The van der Waals surface area contributed by atoms with Crippen LogP contribution in [0.4, 0.5) is 5.69 Å². The number of benzene rings is 5. The van der Waals surface area contributed by atoms with Crippen LogP contribution in [0.5, 0.6) is 0 Å². The van der Waals surface area contributed by atoms with Crippen LogP contribution in [0, 0.1) is 0 Å². The first-order chi connectivity index (χ1) is 21.4. The Morgan fingerprint density at radius 1 is 0.795 bits per heavy atom. The van der Waals surface area contributed by atoms with Crippen molar-refractivity contribution in [3.05, 3.63) is 136 Å². The van der Waals surface area contributed by atoms with Crippen LogP contribution in [-0.2, 0) is 24.2 Å². The summed E-state index contributed by atoms with van der Waals surface area (Å²) in [5, 5.41) is 18.7. The number of carboxylic acid groups (broad SMARTS) is 1. The molecule has 5 nitrogen and oxygen atoms in total. The van der Waals surface area contributed by atoms with E-state index in [4.69, 9.17) is 11.6 Å². The highest BCUT2D eigenvalue weighted by Crippen LogP contribution is 2.25. The lowest BCUT2D eigenvalue weighted by Crippen LogP contribution is -2.42. The quantitative estimate of drug-likeness (QED) is 0.117. The van der Waals surface area contributed by atoms with E-state index in [2.05, 4.69) is 60.0 Å². The van der Waals surface area contributed by atoms with Crippen molar-refractivity contribution < 1.29 is 14.7 Å². The Morgan fingerprint density at radius 2 is 1.48 bits per heavy atom. The van der Waals surface area contributed by atoms with E-state index in [1.54, 1.807) is 18.2 Å². The lowest BCUT2D eigenvalue weighted by atomic mass is 9.98. The lowest BCUT2D eigenvalue weighted by molar-refractivity contribution is -0.139. The number of carboxylic acids is 1. The second kappa shape index (κ2) is 14.7. The van der Waals surface area contributed by atoms with Gasteiger partial charge >= 0.3 is 5.97 Å². The van der Waals surface area contributed by atoms with E-state index in [-0.39, 0.29) is 12.0 Å². The van der Waals surface area contributed by atoms with Gasteiger partial charge in [-0.15, -0.1) is 0 Å². The number of halogens is 1. The molecule has 0 fully saturated rings. The van der Waals surface area contributed by atoms with Gasteiger partial charge in [0.05, 0.1) is 5.56 Å². The zero-order chi connectivity index (χ0) is 30.9. The first kappa shape index (κ1) is 30.8. The molecule has 5 aromatic carbocycles. The summed E-state index contributed by atoms with van der Waals surface area (Å²) >= 11 is 6.26. The maximum Gasteiger partial charge on any atom is 0.326 e. The van der Waals surface area contributed by atoms with Crippen LogP contribution in [0.3, 0.4) is 0 Å². The summed E-state index contributed by atoms with van der Waals surface area (Å²) in [5.74, 6) is -1.61. The molecule has 1 amide bonds. The Balaban J connectivity index is 1.25. The molecular formula is C38H37ClN2O3. The maximum absolute atomic E-state index is 13.4. The number of nitrogens with one attached hydrogen (secondary N) is 2. The number of anilines is 1. The first-order valence-corrected chi connectivity index (χ1v) is 15.5. The zero-order valence-corrected chi connectivity index (χ0v) is 25.6. The SMILES string of the molecule is CCCCCc1ccc(-c2ccc(C[C@H](NC(=O)c3cc(Cl)ccc3NCc3cccc4ccccc34)C(=O)O)cc2)cc1. The molecule has 0 unspecified atom stereocenters. The Morgan fingerprint density at radius 3 is 2.18 bits per heavy atom. The molecule has 0 aliphatic carbocycles. The Kier molecular flexibility index (Phi) is 10.3. The average molecular weight is 605 g/mol. The van der Waals surface area contributed by atoms with E-state index in [1.165, 1.54) is 24.8 Å². The smallest absolute Gasteiger partial charge is 0.326 e. The summed E-state index contributed by atoms with van der Waals surface area (Å²) in [4.78, 5) is 25.6. The van der Waals surface area contributed by atoms with Crippen LogP contribution < -0.4 is 10.6 Å². The monoisotopic (exact) mass is 604 g/mol. The second-order valence-corrected chi connectivity index (χ2v) is 11.5. The summed E-state index contributed by atoms with van der Waals surface area (Å²) in [7, 11) is 0. The molecular weight excluding hydrogens is 568 g/mol. The minimum atomic E-state index is -1.11. The van der Waals surface area contributed by atoms with Crippen LogP contribution in [0.2, 0.25) is 5.02 Å². The zero-order valence-electron chi connectivity index (χ0n) is 24.9. The van der Waals surface area contributed by atoms with Crippen LogP contribution in [0.15, 0.2) is 109 Å². The summed E-state index contributed by atoms with van der Waals surface area (Å²) in [6, 6.07) is 34.6. The molecule has 0 spiro atoms. The van der Waals surface area contributed by atoms with Gasteiger partial charge in [-0.25, -0.2) is 4.79 Å². The van der Waals surface area contributed by atoms with Crippen molar-refractivity contribution in [2.24, 2.45) is 0 Å². The molecule has 5 rings (SSSR count). The summed E-state index contributed by atoms with van der Waals surface area (Å²) in [6.45, 7) is 2.70. The molecule has 44 heavy (non-hydrogen) atoms. The normalized spacial score (nSPS) is 11.7. The van der Waals surface area contributed by atoms with Gasteiger partial charge in [-0.2, -0.15) is 0 Å². The van der Waals surface area contributed by atoms with Gasteiger partial charge in [0.1, 0.15) is 6.04 Å². The predicted molar refractivity (Wildman–Crippen MR) is 180 cm³/mol. The van der Waals surface area contributed by atoms with Crippen molar-refractivity contribution in [1.29, 1.82) is 0 Å². The van der Waals surface area contributed by atoms with Gasteiger partial charge in [0.25, 0.3) is 5.91 Å². The highest BCUT2D eigenvalue weighted by Gasteiger charge is 2.23. The van der Waals surface area contributed by atoms with Gasteiger partial charge in [0.15, 0.2) is 0 Å². The summed E-state index contributed by atoms with van der Waals surface area (Å²) in [6.07, 6.45) is 4.89. The third-order valence-electron chi connectivity index (χ3n) is 7.93. The lowest BCUT2D eigenvalue weighted by Gasteiger charge is -2.18. The predicted octanol–water partition coefficient (Wildman–Crippen LogP) is 8.93. The third kappa shape index (κ3) is 7.86. The Bertz CT molecular complexity index is 1730. The van der Waals surface area contributed by atoms with Crippen molar-refractivity contribution in [1.82, 2.24) is 5.32 Å². The van der Waals surface area contributed by atoms with Crippen LogP contribution in [-0.4, -0.2) is 23.0 Å². The maximum atomic E-state index is 13.4. The fourth-order valence-electron chi connectivity index (χ4n) is 5.44. The molecule has 0 heterocycles. The van der Waals surface area contributed by atoms with E-state index in [1.807, 2.05) is 48.5 Å². The fraction of sp³-hybridized carbons (Fsp3) is 0.211. The number of unbranched alkanes of at least 4 members (excludes halogenated alkanes) is 2. The number of carbonyl (C=O) groups is 2. The number of hydrogen-bond acceptors (Lipinski definition) is 3. The molecule has 6 heteroatoms.